The highest BCUT2D eigenvalue weighted by atomic mass is 16.5. The summed E-state index contributed by atoms with van der Waals surface area (Å²) in [6.45, 7) is 1.78. The largest absolute Gasteiger partial charge is 0.484 e. The lowest BCUT2D eigenvalue weighted by molar-refractivity contribution is -0.123. The molecule has 4 aromatic rings. The molecule has 0 spiro atoms. The van der Waals surface area contributed by atoms with Gasteiger partial charge >= 0.3 is 0 Å². The van der Waals surface area contributed by atoms with Crippen LogP contribution >= 0.6 is 0 Å². The molecule has 0 atom stereocenters. The fourth-order valence-corrected chi connectivity index (χ4v) is 3.06. The minimum atomic E-state index is -0.298. The van der Waals surface area contributed by atoms with E-state index in [0.29, 0.717) is 5.75 Å². The second kappa shape index (κ2) is 7.92. The molecule has 0 bridgehead atoms. The molecule has 4 nitrogen and oxygen atoms in total. The van der Waals surface area contributed by atoms with E-state index in [1.807, 2.05) is 73.7 Å². The lowest BCUT2D eigenvalue weighted by atomic mass is 10.0. The zero-order valence-electron chi connectivity index (χ0n) is 15.6. The van der Waals surface area contributed by atoms with Crippen LogP contribution in [-0.2, 0) is 4.79 Å². The Balaban J connectivity index is 1.38. The molecule has 1 amide bonds. The molecule has 1 N–H and O–H groups in total. The van der Waals surface area contributed by atoms with Crippen LogP contribution in [0.3, 0.4) is 0 Å². The van der Waals surface area contributed by atoms with Crippen LogP contribution in [0.15, 0.2) is 90.0 Å². The summed E-state index contributed by atoms with van der Waals surface area (Å²) in [6, 6.07) is 28.0. The van der Waals surface area contributed by atoms with Crippen molar-refractivity contribution in [3.63, 3.8) is 0 Å². The minimum Gasteiger partial charge on any atom is -0.484 e. The van der Waals surface area contributed by atoms with Gasteiger partial charge in [-0.2, -0.15) is 5.10 Å². The lowest BCUT2D eigenvalue weighted by Crippen LogP contribution is -2.25. The Hall–Kier alpha value is -3.66. The maximum atomic E-state index is 12.1. The van der Waals surface area contributed by atoms with Crippen LogP contribution in [0, 0.1) is 0 Å². The number of amides is 1. The SMILES string of the molecule is C/C(=N/NC(=O)COc1ccc2ccccc2c1)c1ccc2ccccc2c1. The van der Waals surface area contributed by atoms with Gasteiger partial charge in [0.15, 0.2) is 6.61 Å². The molecule has 0 radical (unpaired) electrons. The van der Waals surface area contributed by atoms with E-state index in [1.54, 1.807) is 0 Å². The number of rotatable bonds is 5. The van der Waals surface area contributed by atoms with E-state index >= 15 is 0 Å². The van der Waals surface area contributed by atoms with Crippen molar-refractivity contribution in [2.75, 3.05) is 6.61 Å². The van der Waals surface area contributed by atoms with Crippen molar-refractivity contribution in [1.29, 1.82) is 0 Å². The highest BCUT2D eigenvalue weighted by Gasteiger charge is 2.04. The van der Waals surface area contributed by atoms with E-state index in [9.17, 15) is 4.79 Å². The fraction of sp³-hybridized carbons (Fsp3) is 0.0833. The monoisotopic (exact) mass is 368 g/mol. The predicted octanol–water partition coefficient (Wildman–Crippen LogP) is 4.91. The van der Waals surface area contributed by atoms with E-state index in [1.165, 1.54) is 5.39 Å². The third-order valence-corrected chi connectivity index (χ3v) is 4.61. The average molecular weight is 368 g/mol. The van der Waals surface area contributed by atoms with Crippen molar-refractivity contribution in [1.82, 2.24) is 5.43 Å². The van der Waals surface area contributed by atoms with Crippen molar-refractivity contribution in [3.8, 4) is 5.75 Å². The van der Waals surface area contributed by atoms with Crippen molar-refractivity contribution in [3.05, 3.63) is 90.5 Å². The normalized spacial score (nSPS) is 11.5. The van der Waals surface area contributed by atoms with Crippen LogP contribution < -0.4 is 10.2 Å². The van der Waals surface area contributed by atoms with Crippen LogP contribution in [0.2, 0.25) is 0 Å². The van der Waals surface area contributed by atoms with Gasteiger partial charge in [0.1, 0.15) is 5.75 Å². The molecule has 0 saturated carbocycles. The Morgan fingerprint density at radius 3 is 2.14 bits per heavy atom. The molecule has 0 saturated heterocycles. The molecule has 0 fully saturated rings. The first-order valence-corrected chi connectivity index (χ1v) is 9.13. The summed E-state index contributed by atoms with van der Waals surface area (Å²) in [5.74, 6) is 0.359. The van der Waals surface area contributed by atoms with Crippen LogP contribution in [-0.4, -0.2) is 18.2 Å². The topological polar surface area (TPSA) is 50.7 Å². The summed E-state index contributed by atoms with van der Waals surface area (Å²) >= 11 is 0. The van der Waals surface area contributed by atoms with E-state index in [-0.39, 0.29) is 12.5 Å². The number of hydrogen-bond donors (Lipinski definition) is 1. The third kappa shape index (κ3) is 4.01. The molecule has 4 heteroatoms. The summed E-state index contributed by atoms with van der Waals surface area (Å²) in [4.78, 5) is 12.1. The second-order valence-electron chi connectivity index (χ2n) is 6.59. The molecule has 0 aliphatic heterocycles. The van der Waals surface area contributed by atoms with Gasteiger partial charge in [0.05, 0.1) is 5.71 Å². The van der Waals surface area contributed by atoms with Gasteiger partial charge in [0, 0.05) is 0 Å². The zero-order chi connectivity index (χ0) is 19.3. The Kier molecular flexibility index (Phi) is 5.02. The van der Waals surface area contributed by atoms with Crippen molar-refractivity contribution in [2.24, 2.45) is 5.10 Å². The van der Waals surface area contributed by atoms with E-state index in [2.05, 4.69) is 28.7 Å². The van der Waals surface area contributed by atoms with Gasteiger partial charge in [0.2, 0.25) is 0 Å². The Morgan fingerprint density at radius 1 is 0.821 bits per heavy atom. The van der Waals surface area contributed by atoms with E-state index in [0.717, 1.165) is 27.4 Å². The number of nitrogens with one attached hydrogen (secondary N) is 1. The summed E-state index contributed by atoms with van der Waals surface area (Å²) in [7, 11) is 0. The van der Waals surface area contributed by atoms with Crippen molar-refractivity contribution >= 4 is 33.2 Å². The maximum absolute atomic E-state index is 12.1. The number of carbonyl (C=O) groups excluding carboxylic acids is 1. The van der Waals surface area contributed by atoms with Crippen LogP contribution in [0.5, 0.6) is 5.75 Å². The molecule has 0 unspecified atom stereocenters. The maximum Gasteiger partial charge on any atom is 0.277 e. The van der Waals surface area contributed by atoms with Crippen molar-refractivity contribution < 1.29 is 9.53 Å². The molecule has 4 rings (SSSR count). The Morgan fingerprint density at radius 2 is 1.43 bits per heavy atom. The van der Waals surface area contributed by atoms with Gasteiger partial charge in [-0.15, -0.1) is 0 Å². The highest BCUT2D eigenvalue weighted by molar-refractivity contribution is 6.02. The molecular weight excluding hydrogens is 348 g/mol. The smallest absolute Gasteiger partial charge is 0.277 e. The molecule has 0 aliphatic rings. The van der Waals surface area contributed by atoms with Gasteiger partial charge in [-0.25, -0.2) is 5.43 Å². The molecule has 0 aromatic heterocycles. The number of fused-ring (bicyclic) bond motifs is 2. The Bertz CT molecular complexity index is 1180. The molecule has 138 valence electrons. The summed E-state index contributed by atoms with van der Waals surface area (Å²) in [5.41, 5.74) is 4.27. The van der Waals surface area contributed by atoms with Crippen LogP contribution in [0.1, 0.15) is 12.5 Å². The first-order chi connectivity index (χ1) is 13.7. The highest BCUT2D eigenvalue weighted by Crippen LogP contribution is 2.20. The number of benzene rings is 4. The molecule has 4 aromatic carbocycles. The average Bonchev–Trinajstić information content (AvgIpc) is 2.75. The standard InChI is InChI=1S/C24H20N2O2/c1-17(20-11-10-18-6-2-4-8-21(18)14-20)25-26-24(27)16-28-23-13-12-19-7-3-5-9-22(19)15-23/h2-15H,16H2,1H3,(H,26,27)/b25-17-. The minimum absolute atomic E-state index is 0.0904. The zero-order valence-corrected chi connectivity index (χ0v) is 15.6. The number of hydrogen-bond acceptors (Lipinski definition) is 3. The van der Waals surface area contributed by atoms with E-state index in [4.69, 9.17) is 4.74 Å². The van der Waals surface area contributed by atoms with Crippen molar-refractivity contribution in [2.45, 2.75) is 6.92 Å². The van der Waals surface area contributed by atoms with Gasteiger partial charge in [0.25, 0.3) is 5.91 Å². The Labute approximate surface area is 163 Å². The number of ether oxygens (including phenoxy) is 1. The quantitative estimate of drug-likeness (QED) is 0.402. The fourth-order valence-electron chi connectivity index (χ4n) is 3.06. The van der Waals surface area contributed by atoms with E-state index < -0.39 is 0 Å². The summed E-state index contributed by atoms with van der Waals surface area (Å²) in [5, 5.41) is 8.72. The first kappa shape index (κ1) is 17.7. The summed E-state index contributed by atoms with van der Waals surface area (Å²) in [6.07, 6.45) is 0. The van der Waals surface area contributed by atoms with Gasteiger partial charge in [-0.1, -0.05) is 66.7 Å². The van der Waals surface area contributed by atoms with Gasteiger partial charge in [-0.3, -0.25) is 4.79 Å². The summed E-state index contributed by atoms with van der Waals surface area (Å²) < 4.78 is 5.59. The van der Waals surface area contributed by atoms with Crippen LogP contribution in [0.4, 0.5) is 0 Å². The third-order valence-electron chi connectivity index (χ3n) is 4.61. The number of nitrogens with zero attached hydrogens (tertiary/aromatic N) is 1. The van der Waals surface area contributed by atoms with Gasteiger partial charge < -0.3 is 4.74 Å². The number of hydrazone groups is 1. The number of carbonyl (C=O) groups is 1. The second-order valence-corrected chi connectivity index (χ2v) is 6.59. The molecule has 0 heterocycles. The molecule has 0 aliphatic carbocycles. The molecule has 28 heavy (non-hydrogen) atoms. The first-order valence-electron chi connectivity index (χ1n) is 9.13. The lowest BCUT2D eigenvalue weighted by Gasteiger charge is -2.07. The van der Waals surface area contributed by atoms with Gasteiger partial charge in [-0.05, 0) is 52.2 Å². The van der Waals surface area contributed by atoms with Crippen LogP contribution in [0.25, 0.3) is 21.5 Å². The predicted molar refractivity (Wildman–Crippen MR) is 114 cm³/mol. The molecular formula is C24H20N2O2.